The van der Waals surface area contributed by atoms with Gasteiger partial charge in [0.1, 0.15) is 12.1 Å². The van der Waals surface area contributed by atoms with Crippen LogP contribution in [-0.2, 0) is 34.2 Å². The van der Waals surface area contributed by atoms with Gasteiger partial charge in [0.15, 0.2) is 0 Å². The van der Waals surface area contributed by atoms with E-state index in [1.54, 1.807) is 11.9 Å². The minimum absolute atomic E-state index is 0.00680. The summed E-state index contributed by atoms with van der Waals surface area (Å²) in [7, 11) is 5.44. The topological polar surface area (TPSA) is 168 Å². The Morgan fingerprint density at radius 2 is 1.52 bits per heavy atom. The number of nitrogens with zero attached hydrogens (tertiary/aromatic N) is 3. The molecule has 0 bridgehead atoms. The van der Waals surface area contributed by atoms with Crippen molar-refractivity contribution in [2.24, 2.45) is 11.3 Å². The number of aliphatic carboxylic acids is 1. The maximum Gasteiger partial charge on any atom is 0.320 e. The number of nitrogens with one attached hydrogen (secondary N) is 3. The molecule has 4 N–H and O–H groups in total. The van der Waals surface area contributed by atoms with Crippen LogP contribution in [0.2, 0.25) is 0 Å². The quantitative estimate of drug-likeness (QED) is 0.124. The first-order chi connectivity index (χ1) is 24.1. The first kappa shape index (κ1) is 43.8. The summed E-state index contributed by atoms with van der Waals surface area (Å²) in [5.41, 5.74) is 0.630. The number of carbonyl (C=O) groups is 6. The second-order valence-electron chi connectivity index (χ2n) is 15.8. The summed E-state index contributed by atoms with van der Waals surface area (Å²) in [6, 6.07) is 7.07. The van der Waals surface area contributed by atoms with E-state index in [0.717, 1.165) is 16.0 Å². The Morgan fingerprint density at radius 1 is 0.942 bits per heavy atom. The number of hydrogen-bond donors (Lipinski definition) is 4. The van der Waals surface area contributed by atoms with Crippen LogP contribution in [0.15, 0.2) is 54.1 Å². The first-order valence-electron chi connectivity index (χ1n) is 17.8. The number of likely N-dealkylation sites (N-methyl/N-ethyl adjacent to an activating group) is 2. The van der Waals surface area contributed by atoms with E-state index in [1.165, 1.54) is 12.2 Å². The number of carboxylic acids is 1. The van der Waals surface area contributed by atoms with Gasteiger partial charge in [0.05, 0.1) is 12.1 Å². The summed E-state index contributed by atoms with van der Waals surface area (Å²) in [6.45, 7) is 15.9. The molecule has 2 rings (SSSR count). The molecule has 0 aromatic heterocycles. The Kier molecular flexibility index (Phi) is 15.9. The average Bonchev–Trinajstić information content (AvgIpc) is 3.37. The van der Waals surface area contributed by atoms with Crippen molar-refractivity contribution in [2.75, 3.05) is 40.8 Å². The first-order valence-corrected chi connectivity index (χ1v) is 17.8. The standard InChI is InChI=1S/C39H60N6O7/c1-25(2)29(23-26(3)24-41-28(37(51)52)17-18-30(46)40-21-22-45-31(47)19-20-32(45)48)44(11)36(50)33(38(4,5)6)42-35(49)34(43(9)10)39(7,8)27-15-13-12-14-16-27/h12-16,19-20,23,25,28-29,33-34,41H,17-18,21-22,24H2,1-11H3,(H,40,46)(H,42,49)(H,51,52)/b26-23+/t28-,29-,33-,34-/m1/s1. The third kappa shape index (κ3) is 12.1. The van der Waals surface area contributed by atoms with Crippen LogP contribution in [0.1, 0.15) is 73.8 Å². The molecule has 1 aromatic rings. The molecule has 0 saturated carbocycles. The highest BCUT2D eigenvalue weighted by molar-refractivity contribution is 6.12. The predicted molar refractivity (Wildman–Crippen MR) is 201 cm³/mol. The molecule has 1 aliphatic heterocycles. The molecule has 1 aromatic carbocycles. The zero-order valence-electron chi connectivity index (χ0n) is 32.8. The second-order valence-corrected chi connectivity index (χ2v) is 15.8. The molecule has 52 heavy (non-hydrogen) atoms. The van der Waals surface area contributed by atoms with E-state index in [-0.39, 0.29) is 56.3 Å². The van der Waals surface area contributed by atoms with Gasteiger partial charge in [0.2, 0.25) is 17.7 Å². The lowest BCUT2D eigenvalue weighted by atomic mass is 9.76. The van der Waals surface area contributed by atoms with Gasteiger partial charge in [-0.15, -0.1) is 0 Å². The predicted octanol–water partition coefficient (Wildman–Crippen LogP) is 2.72. The molecule has 0 saturated heterocycles. The van der Waals surface area contributed by atoms with E-state index in [0.29, 0.717) is 0 Å². The molecule has 0 fully saturated rings. The van der Waals surface area contributed by atoms with Crippen LogP contribution in [0.5, 0.6) is 0 Å². The van der Waals surface area contributed by atoms with Gasteiger partial charge in [-0.3, -0.25) is 38.6 Å². The Labute approximate surface area is 309 Å². The smallest absolute Gasteiger partial charge is 0.320 e. The van der Waals surface area contributed by atoms with Crippen LogP contribution in [-0.4, -0.2) is 120 Å². The maximum absolute atomic E-state index is 14.2. The van der Waals surface area contributed by atoms with Crippen LogP contribution in [0, 0.1) is 11.3 Å². The molecular formula is C39H60N6O7. The van der Waals surface area contributed by atoms with E-state index in [2.05, 4.69) is 16.0 Å². The lowest BCUT2D eigenvalue weighted by molar-refractivity contribution is -0.141. The van der Waals surface area contributed by atoms with Gasteiger partial charge in [-0.05, 0) is 44.3 Å². The van der Waals surface area contributed by atoms with Crippen LogP contribution in [0.4, 0.5) is 0 Å². The van der Waals surface area contributed by atoms with E-state index < -0.39 is 52.6 Å². The van der Waals surface area contributed by atoms with Crippen LogP contribution in [0.3, 0.4) is 0 Å². The van der Waals surface area contributed by atoms with Crippen molar-refractivity contribution in [3.8, 4) is 0 Å². The molecule has 13 nitrogen and oxygen atoms in total. The molecular weight excluding hydrogens is 664 g/mol. The molecule has 5 amide bonds. The maximum atomic E-state index is 14.2. The molecule has 4 atom stereocenters. The molecule has 0 radical (unpaired) electrons. The van der Waals surface area contributed by atoms with Gasteiger partial charge in [-0.2, -0.15) is 0 Å². The average molecular weight is 725 g/mol. The SMILES string of the molecule is C/C(=C\[C@H](C(C)C)N(C)C(=O)[C@@H](NC(=O)[C@@H](N(C)C)C(C)(C)c1ccccc1)C(C)(C)C)CN[C@H](CCC(=O)NCCN1C(=O)C=CC1=O)C(=O)O. The summed E-state index contributed by atoms with van der Waals surface area (Å²) in [6.07, 6.45) is 4.21. The van der Waals surface area contributed by atoms with Crippen molar-refractivity contribution in [1.29, 1.82) is 0 Å². The van der Waals surface area contributed by atoms with Gasteiger partial charge < -0.3 is 26.0 Å². The van der Waals surface area contributed by atoms with Crippen molar-refractivity contribution in [2.45, 2.75) is 97.8 Å². The van der Waals surface area contributed by atoms with Gasteiger partial charge >= 0.3 is 5.97 Å². The highest BCUT2D eigenvalue weighted by Gasteiger charge is 2.43. The van der Waals surface area contributed by atoms with Crippen LogP contribution < -0.4 is 16.0 Å². The monoisotopic (exact) mass is 724 g/mol. The number of amides is 5. The number of benzene rings is 1. The van der Waals surface area contributed by atoms with Gasteiger partial charge in [0, 0.05) is 50.7 Å². The molecule has 0 unspecified atom stereocenters. The van der Waals surface area contributed by atoms with Crippen molar-refractivity contribution >= 4 is 35.5 Å². The number of carbonyl (C=O) groups excluding carboxylic acids is 5. The summed E-state index contributed by atoms with van der Waals surface area (Å²) in [5, 5.41) is 18.5. The molecule has 1 heterocycles. The van der Waals surface area contributed by atoms with Crippen molar-refractivity contribution in [3.05, 3.63) is 59.7 Å². The summed E-state index contributed by atoms with van der Waals surface area (Å²) in [5.74, 6) is -2.88. The number of rotatable bonds is 19. The molecule has 0 spiro atoms. The molecule has 288 valence electrons. The van der Waals surface area contributed by atoms with Crippen LogP contribution in [0.25, 0.3) is 0 Å². The Balaban J connectivity index is 2.11. The lowest BCUT2D eigenvalue weighted by Gasteiger charge is -2.41. The van der Waals surface area contributed by atoms with Crippen molar-refractivity contribution < 1.29 is 33.9 Å². The fourth-order valence-electron chi connectivity index (χ4n) is 6.48. The number of hydrogen-bond acceptors (Lipinski definition) is 8. The highest BCUT2D eigenvalue weighted by atomic mass is 16.4. The van der Waals surface area contributed by atoms with E-state index >= 15 is 0 Å². The highest BCUT2D eigenvalue weighted by Crippen LogP contribution is 2.31. The van der Waals surface area contributed by atoms with Crippen molar-refractivity contribution in [3.63, 3.8) is 0 Å². The fraction of sp³-hybridized carbons (Fsp3) is 0.590. The lowest BCUT2D eigenvalue weighted by Crippen LogP contribution is -2.61. The van der Waals surface area contributed by atoms with E-state index in [1.807, 2.05) is 111 Å². The summed E-state index contributed by atoms with van der Waals surface area (Å²) >= 11 is 0. The molecule has 1 aliphatic rings. The summed E-state index contributed by atoms with van der Waals surface area (Å²) < 4.78 is 0. The van der Waals surface area contributed by atoms with Crippen molar-refractivity contribution in [1.82, 2.24) is 30.7 Å². The van der Waals surface area contributed by atoms with Gasteiger partial charge in [0.25, 0.3) is 11.8 Å². The van der Waals surface area contributed by atoms with Gasteiger partial charge in [-0.25, -0.2) is 0 Å². The van der Waals surface area contributed by atoms with E-state index in [9.17, 15) is 33.9 Å². The largest absolute Gasteiger partial charge is 0.480 e. The normalized spacial score (nSPS) is 16.2. The second kappa shape index (κ2) is 18.9. The summed E-state index contributed by atoms with van der Waals surface area (Å²) in [4.78, 5) is 80.6. The number of carboxylic acid groups (broad SMARTS) is 1. The fourth-order valence-corrected chi connectivity index (χ4v) is 6.48. The Bertz CT molecular complexity index is 1480. The molecule has 0 aliphatic carbocycles. The third-order valence-corrected chi connectivity index (χ3v) is 9.44. The minimum atomic E-state index is -1.11. The zero-order valence-corrected chi connectivity index (χ0v) is 32.8. The third-order valence-electron chi connectivity index (χ3n) is 9.44. The molecule has 13 heteroatoms. The zero-order chi connectivity index (χ0) is 39.6. The van der Waals surface area contributed by atoms with Gasteiger partial charge in [-0.1, -0.05) is 90.4 Å². The Hall–Kier alpha value is -4.36. The Morgan fingerprint density at radius 3 is 2.02 bits per heavy atom. The minimum Gasteiger partial charge on any atom is -0.480 e. The number of imide groups is 1. The van der Waals surface area contributed by atoms with E-state index in [4.69, 9.17) is 0 Å². The van der Waals surface area contributed by atoms with Crippen LogP contribution >= 0.6 is 0 Å².